The average molecular weight is 342 g/mol. The molecule has 1 aromatic heterocycles. The molecule has 1 atom stereocenters. The number of fused-ring (bicyclic) bond motifs is 1. The Morgan fingerprint density at radius 2 is 2.17 bits per heavy atom. The van der Waals surface area contributed by atoms with Gasteiger partial charge in [0.25, 0.3) is 0 Å². The number of H-pyrrole nitrogens is 1. The number of carbonyl (C=O) groups is 1. The van der Waals surface area contributed by atoms with Crippen LogP contribution in [0, 0.1) is 5.92 Å². The SMILES string of the molecule is CCC(C)CS(=O)(=O)N1CCc2[nH]cc(C(=O)OC)c(=O)c2C1. The minimum Gasteiger partial charge on any atom is -0.465 e. The van der Waals surface area contributed by atoms with Crippen LogP contribution in [0.5, 0.6) is 0 Å². The molecule has 0 bridgehead atoms. The molecule has 1 aromatic rings. The van der Waals surface area contributed by atoms with Crippen molar-refractivity contribution in [3.8, 4) is 0 Å². The second-order valence-corrected chi connectivity index (χ2v) is 7.87. The molecule has 1 N–H and O–H groups in total. The van der Waals surface area contributed by atoms with Gasteiger partial charge in [-0.05, 0) is 5.92 Å². The van der Waals surface area contributed by atoms with Crippen LogP contribution in [0.1, 0.15) is 41.9 Å². The number of hydrogen-bond acceptors (Lipinski definition) is 5. The van der Waals surface area contributed by atoms with Crippen LogP contribution in [0.4, 0.5) is 0 Å². The number of pyridine rings is 1. The first-order valence-corrected chi connectivity index (χ1v) is 9.20. The third-order valence-corrected chi connectivity index (χ3v) is 6.30. The number of hydrogen-bond donors (Lipinski definition) is 1. The molecule has 2 rings (SSSR count). The molecule has 0 saturated carbocycles. The smallest absolute Gasteiger partial charge is 0.343 e. The van der Waals surface area contributed by atoms with Crippen molar-refractivity contribution in [1.29, 1.82) is 0 Å². The van der Waals surface area contributed by atoms with Crippen molar-refractivity contribution in [2.24, 2.45) is 5.92 Å². The zero-order valence-electron chi connectivity index (χ0n) is 13.6. The van der Waals surface area contributed by atoms with Crippen LogP contribution >= 0.6 is 0 Å². The average Bonchev–Trinajstić information content (AvgIpc) is 2.53. The second kappa shape index (κ2) is 6.84. The Labute approximate surface area is 135 Å². The summed E-state index contributed by atoms with van der Waals surface area (Å²) in [5, 5.41) is 0. The fourth-order valence-electron chi connectivity index (χ4n) is 2.58. The van der Waals surface area contributed by atoms with Gasteiger partial charge in [-0.15, -0.1) is 0 Å². The number of carbonyl (C=O) groups excluding carboxylic acids is 1. The third-order valence-electron chi connectivity index (χ3n) is 4.21. The number of nitrogens with zero attached hydrogens (tertiary/aromatic N) is 1. The number of methoxy groups -OCH3 is 1. The molecule has 1 aliphatic heterocycles. The number of nitrogens with one attached hydrogen (secondary N) is 1. The van der Waals surface area contributed by atoms with E-state index in [0.29, 0.717) is 24.2 Å². The summed E-state index contributed by atoms with van der Waals surface area (Å²) in [7, 11) is -2.23. The molecule has 7 nitrogen and oxygen atoms in total. The molecule has 2 heterocycles. The highest BCUT2D eigenvalue weighted by Gasteiger charge is 2.30. The first-order chi connectivity index (χ1) is 10.8. The Morgan fingerprint density at radius 3 is 2.78 bits per heavy atom. The van der Waals surface area contributed by atoms with Gasteiger partial charge in [-0.3, -0.25) is 4.79 Å². The molecule has 0 spiro atoms. The van der Waals surface area contributed by atoms with E-state index >= 15 is 0 Å². The van der Waals surface area contributed by atoms with Crippen molar-refractivity contribution in [2.75, 3.05) is 19.4 Å². The van der Waals surface area contributed by atoms with E-state index in [0.717, 1.165) is 6.42 Å². The molecule has 0 amide bonds. The van der Waals surface area contributed by atoms with E-state index in [2.05, 4.69) is 9.72 Å². The summed E-state index contributed by atoms with van der Waals surface area (Å²) in [5.41, 5.74) is 0.436. The van der Waals surface area contributed by atoms with E-state index in [-0.39, 0.29) is 23.8 Å². The number of aromatic nitrogens is 1. The van der Waals surface area contributed by atoms with Crippen LogP contribution in [0.3, 0.4) is 0 Å². The van der Waals surface area contributed by atoms with Gasteiger partial charge in [0.05, 0.1) is 12.9 Å². The maximum atomic E-state index is 12.5. The molecular weight excluding hydrogens is 320 g/mol. The summed E-state index contributed by atoms with van der Waals surface area (Å²) in [6.45, 7) is 4.16. The summed E-state index contributed by atoms with van der Waals surface area (Å²) in [6.07, 6.45) is 2.53. The predicted molar refractivity (Wildman–Crippen MR) is 85.8 cm³/mol. The van der Waals surface area contributed by atoms with Crippen LogP contribution in [0.2, 0.25) is 0 Å². The second-order valence-electron chi connectivity index (χ2n) is 5.86. The maximum absolute atomic E-state index is 12.5. The molecule has 0 aromatic carbocycles. The normalized spacial score (nSPS) is 16.7. The Balaban J connectivity index is 2.33. The van der Waals surface area contributed by atoms with Crippen molar-refractivity contribution < 1.29 is 17.9 Å². The van der Waals surface area contributed by atoms with Gasteiger partial charge in [0, 0.05) is 37.0 Å². The van der Waals surface area contributed by atoms with E-state index in [4.69, 9.17) is 0 Å². The van der Waals surface area contributed by atoms with Crippen molar-refractivity contribution in [3.05, 3.63) is 33.2 Å². The van der Waals surface area contributed by atoms with Gasteiger partial charge in [0.2, 0.25) is 15.5 Å². The van der Waals surface area contributed by atoms with E-state index < -0.39 is 21.4 Å². The fourth-order valence-corrected chi connectivity index (χ4v) is 4.44. The molecule has 0 fully saturated rings. The van der Waals surface area contributed by atoms with Crippen LogP contribution in [0.25, 0.3) is 0 Å². The van der Waals surface area contributed by atoms with Gasteiger partial charge >= 0.3 is 5.97 Å². The van der Waals surface area contributed by atoms with E-state index in [1.54, 1.807) is 0 Å². The lowest BCUT2D eigenvalue weighted by Crippen LogP contribution is -2.41. The lowest BCUT2D eigenvalue weighted by molar-refractivity contribution is 0.0598. The van der Waals surface area contributed by atoms with E-state index in [1.165, 1.54) is 17.6 Å². The summed E-state index contributed by atoms with van der Waals surface area (Å²) in [5.74, 6) is -0.609. The highest BCUT2D eigenvalue weighted by Crippen LogP contribution is 2.20. The molecular formula is C15H22N2O5S. The Bertz CT molecular complexity index is 754. The van der Waals surface area contributed by atoms with E-state index in [1.807, 2.05) is 13.8 Å². The van der Waals surface area contributed by atoms with E-state index in [9.17, 15) is 18.0 Å². The number of aromatic amines is 1. The topological polar surface area (TPSA) is 96.5 Å². The fraction of sp³-hybridized carbons (Fsp3) is 0.600. The Hall–Kier alpha value is -1.67. The van der Waals surface area contributed by atoms with Crippen molar-refractivity contribution in [3.63, 3.8) is 0 Å². The van der Waals surface area contributed by atoms with Gasteiger partial charge in [-0.1, -0.05) is 20.3 Å². The van der Waals surface area contributed by atoms with Crippen molar-refractivity contribution in [2.45, 2.75) is 33.2 Å². The summed E-state index contributed by atoms with van der Waals surface area (Å²) < 4.78 is 30.9. The minimum atomic E-state index is -3.43. The van der Waals surface area contributed by atoms with Crippen LogP contribution in [-0.2, 0) is 27.7 Å². The zero-order valence-corrected chi connectivity index (χ0v) is 14.4. The third kappa shape index (κ3) is 3.64. The maximum Gasteiger partial charge on any atom is 0.343 e. The zero-order chi connectivity index (χ0) is 17.2. The summed E-state index contributed by atoms with van der Waals surface area (Å²) in [6, 6.07) is 0. The van der Waals surface area contributed by atoms with Crippen molar-refractivity contribution >= 4 is 16.0 Å². The van der Waals surface area contributed by atoms with Gasteiger partial charge in [0.1, 0.15) is 5.56 Å². The quantitative estimate of drug-likeness (QED) is 0.802. The number of sulfonamides is 1. The molecule has 0 radical (unpaired) electrons. The largest absolute Gasteiger partial charge is 0.465 e. The van der Waals surface area contributed by atoms with Gasteiger partial charge in [0.15, 0.2) is 0 Å². The lowest BCUT2D eigenvalue weighted by atomic mass is 10.0. The molecule has 1 unspecified atom stereocenters. The monoisotopic (exact) mass is 342 g/mol. The van der Waals surface area contributed by atoms with Crippen LogP contribution < -0.4 is 5.43 Å². The first kappa shape index (κ1) is 17.7. The van der Waals surface area contributed by atoms with Gasteiger partial charge in [-0.2, -0.15) is 4.31 Å². The number of esters is 1. The highest BCUT2D eigenvalue weighted by atomic mass is 32.2. The summed E-state index contributed by atoms with van der Waals surface area (Å²) in [4.78, 5) is 26.9. The molecule has 128 valence electrons. The van der Waals surface area contributed by atoms with Crippen molar-refractivity contribution in [1.82, 2.24) is 9.29 Å². The Kier molecular flexibility index (Phi) is 5.26. The lowest BCUT2D eigenvalue weighted by Gasteiger charge is -2.28. The highest BCUT2D eigenvalue weighted by molar-refractivity contribution is 7.89. The molecule has 0 saturated heterocycles. The minimum absolute atomic E-state index is 0.00569. The van der Waals surface area contributed by atoms with Crippen LogP contribution in [-0.4, -0.2) is 43.1 Å². The first-order valence-electron chi connectivity index (χ1n) is 7.59. The van der Waals surface area contributed by atoms with Crippen LogP contribution in [0.15, 0.2) is 11.0 Å². The number of rotatable bonds is 5. The molecule has 8 heteroatoms. The van der Waals surface area contributed by atoms with Gasteiger partial charge < -0.3 is 9.72 Å². The Morgan fingerprint density at radius 1 is 1.48 bits per heavy atom. The molecule has 1 aliphatic rings. The predicted octanol–water partition coefficient (Wildman–Crippen LogP) is 0.895. The molecule has 0 aliphatic carbocycles. The number of ether oxygens (including phenoxy) is 1. The standard InChI is InChI=1S/C15H22N2O5S/c1-4-10(2)9-23(20,21)17-6-5-13-12(8-17)14(18)11(7-16-13)15(19)22-3/h7,10H,4-6,8-9H2,1-3H3,(H,16,18). The molecule has 23 heavy (non-hydrogen) atoms. The van der Waals surface area contributed by atoms with Gasteiger partial charge in [-0.25, -0.2) is 13.2 Å². The summed E-state index contributed by atoms with van der Waals surface area (Å²) >= 11 is 0.